The van der Waals surface area contributed by atoms with Crippen molar-refractivity contribution in [2.75, 3.05) is 11.9 Å². The largest absolute Gasteiger partial charge is 0.394 e. The molecule has 0 unspecified atom stereocenters. The van der Waals surface area contributed by atoms with E-state index in [9.17, 15) is 9.90 Å². The predicted molar refractivity (Wildman–Crippen MR) is 78.9 cm³/mol. The van der Waals surface area contributed by atoms with Crippen LogP contribution in [0, 0.1) is 0 Å². The van der Waals surface area contributed by atoms with E-state index in [1.807, 2.05) is 24.3 Å². The van der Waals surface area contributed by atoms with Gasteiger partial charge in [0.1, 0.15) is 12.7 Å². The van der Waals surface area contributed by atoms with Crippen molar-refractivity contribution in [3.05, 3.63) is 42.5 Å². The van der Waals surface area contributed by atoms with Gasteiger partial charge in [0.05, 0.1) is 18.7 Å². The SMILES string of the molecule is CC(C)(CO)NC(=O)Nc1ccccc1Cn1cncn1. The lowest BCUT2D eigenvalue weighted by molar-refractivity contribution is 0.187. The van der Waals surface area contributed by atoms with Gasteiger partial charge < -0.3 is 15.7 Å². The topological polar surface area (TPSA) is 92.1 Å². The second-order valence-corrected chi connectivity index (χ2v) is 5.37. The Morgan fingerprint density at radius 3 is 2.81 bits per heavy atom. The lowest BCUT2D eigenvalue weighted by Crippen LogP contribution is -2.48. The molecule has 0 aliphatic carbocycles. The highest BCUT2D eigenvalue weighted by Gasteiger charge is 2.19. The first-order valence-electron chi connectivity index (χ1n) is 6.60. The molecule has 2 rings (SSSR count). The molecule has 1 aromatic heterocycles. The minimum Gasteiger partial charge on any atom is -0.394 e. The zero-order valence-electron chi connectivity index (χ0n) is 12.1. The molecular weight excluding hydrogens is 270 g/mol. The van der Waals surface area contributed by atoms with E-state index in [2.05, 4.69) is 20.7 Å². The number of carbonyl (C=O) groups is 1. The Labute approximate surface area is 123 Å². The van der Waals surface area contributed by atoms with Crippen LogP contribution in [0.5, 0.6) is 0 Å². The standard InChI is InChI=1S/C14H19N5O2/c1-14(2,8-20)18-13(21)17-12-6-4-3-5-11(12)7-19-10-15-9-16-19/h3-6,9-10,20H,7-8H2,1-2H3,(H2,17,18,21). The normalized spacial score (nSPS) is 11.2. The quantitative estimate of drug-likeness (QED) is 0.771. The Morgan fingerprint density at radius 2 is 2.14 bits per heavy atom. The van der Waals surface area contributed by atoms with Gasteiger partial charge in [-0.3, -0.25) is 0 Å². The number of para-hydroxylation sites is 1. The molecule has 7 nitrogen and oxygen atoms in total. The molecule has 7 heteroatoms. The molecule has 0 aliphatic rings. The van der Waals surface area contributed by atoms with E-state index < -0.39 is 5.54 Å². The summed E-state index contributed by atoms with van der Waals surface area (Å²) >= 11 is 0. The lowest BCUT2D eigenvalue weighted by atomic mass is 10.1. The highest BCUT2D eigenvalue weighted by atomic mass is 16.3. The molecule has 0 bridgehead atoms. The Kier molecular flexibility index (Phi) is 4.54. The highest BCUT2D eigenvalue weighted by Crippen LogP contribution is 2.16. The second-order valence-electron chi connectivity index (χ2n) is 5.37. The summed E-state index contributed by atoms with van der Waals surface area (Å²) in [5.74, 6) is 0. The van der Waals surface area contributed by atoms with Crippen molar-refractivity contribution in [3.8, 4) is 0 Å². The second kappa shape index (κ2) is 6.36. The molecule has 21 heavy (non-hydrogen) atoms. The predicted octanol–water partition coefficient (Wildman–Crippen LogP) is 1.22. The number of aliphatic hydroxyl groups excluding tert-OH is 1. The summed E-state index contributed by atoms with van der Waals surface area (Å²) in [5, 5.41) is 18.7. The molecule has 0 saturated heterocycles. The van der Waals surface area contributed by atoms with Crippen LogP contribution in [-0.2, 0) is 6.54 Å². The first-order valence-corrected chi connectivity index (χ1v) is 6.60. The number of urea groups is 1. The van der Waals surface area contributed by atoms with Crippen LogP contribution >= 0.6 is 0 Å². The Morgan fingerprint density at radius 1 is 1.38 bits per heavy atom. The van der Waals surface area contributed by atoms with Gasteiger partial charge in [0.15, 0.2) is 0 Å². The maximum Gasteiger partial charge on any atom is 0.319 e. The molecule has 0 atom stereocenters. The molecule has 0 aliphatic heterocycles. The van der Waals surface area contributed by atoms with E-state index in [0.717, 1.165) is 5.56 Å². The molecule has 0 fully saturated rings. The number of nitrogens with one attached hydrogen (secondary N) is 2. The average Bonchev–Trinajstić information content (AvgIpc) is 2.93. The number of anilines is 1. The molecule has 112 valence electrons. The number of benzene rings is 1. The lowest BCUT2D eigenvalue weighted by Gasteiger charge is -2.24. The fraction of sp³-hybridized carbons (Fsp3) is 0.357. The number of aromatic nitrogens is 3. The average molecular weight is 289 g/mol. The first-order chi connectivity index (χ1) is 10.00. The molecular formula is C14H19N5O2. The van der Waals surface area contributed by atoms with Crippen LogP contribution in [0.25, 0.3) is 0 Å². The Bertz CT molecular complexity index is 595. The third-order valence-corrected chi connectivity index (χ3v) is 2.91. The van der Waals surface area contributed by atoms with Gasteiger partial charge in [-0.25, -0.2) is 14.5 Å². The molecule has 3 N–H and O–H groups in total. The van der Waals surface area contributed by atoms with E-state index in [4.69, 9.17) is 0 Å². The van der Waals surface area contributed by atoms with Gasteiger partial charge in [-0.1, -0.05) is 18.2 Å². The van der Waals surface area contributed by atoms with Gasteiger partial charge >= 0.3 is 6.03 Å². The van der Waals surface area contributed by atoms with Crippen LogP contribution in [0.1, 0.15) is 19.4 Å². The van der Waals surface area contributed by atoms with Crippen LogP contribution in [0.3, 0.4) is 0 Å². The molecule has 1 aromatic carbocycles. The van der Waals surface area contributed by atoms with E-state index in [-0.39, 0.29) is 12.6 Å². The first kappa shape index (κ1) is 15.0. The van der Waals surface area contributed by atoms with Crippen molar-refractivity contribution >= 4 is 11.7 Å². The molecule has 1 heterocycles. The summed E-state index contributed by atoms with van der Waals surface area (Å²) in [7, 11) is 0. The monoisotopic (exact) mass is 289 g/mol. The van der Waals surface area contributed by atoms with E-state index in [1.54, 1.807) is 24.9 Å². The summed E-state index contributed by atoms with van der Waals surface area (Å²) in [6.45, 7) is 3.86. The number of amides is 2. The van der Waals surface area contributed by atoms with E-state index >= 15 is 0 Å². The van der Waals surface area contributed by atoms with Crippen molar-refractivity contribution in [3.63, 3.8) is 0 Å². The number of nitrogens with zero attached hydrogens (tertiary/aromatic N) is 3. The third-order valence-electron chi connectivity index (χ3n) is 2.91. The summed E-state index contributed by atoms with van der Waals surface area (Å²) in [5.41, 5.74) is 0.935. The smallest absolute Gasteiger partial charge is 0.319 e. The van der Waals surface area contributed by atoms with Crippen LogP contribution in [0.2, 0.25) is 0 Å². The van der Waals surface area contributed by atoms with Crippen LogP contribution in [0.15, 0.2) is 36.9 Å². The van der Waals surface area contributed by atoms with Crippen LogP contribution in [0.4, 0.5) is 10.5 Å². The molecule has 0 spiro atoms. The van der Waals surface area contributed by atoms with Crippen molar-refractivity contribution in [2.24, 2.45) is 0 Å². The summed E-state index contributed by atoms with van der Waals surface area (Å²) in [4.78, 5) is 15.9. The minimum absolute atomic E-state index is 0.138. The zero-order chi connectivity index (χ0) is 15.3. The van der Waals surface area contributed by atoms with Crippen LogP contribution in [-0.4, -0.2) is 38.0 Å². The number of rotatable bonds is 5. The minimum atomic E-state index is -0.676. The fourth-order valence-corrected chi connectivity index (χ4v) is 1.77. The molecule has 2 aromatic rings. The zero-order valence-corrected chi connectivity index (χ0v) is 12.1. The maximum atomic E-state index is 12.0. The van der Waals surface area contributed by atoms with Gasteiger partial charge in [-0.15, -0.1) is 0 Å². The number of hydrogen-bond acceptors (Lipinski definition) is 4. The fourth-order valence-electron chi connectivity index (χ4n) is 1.77. The van der Waals surface area contributed by atoms with E-state index in [1.165, 1.54) is 6.33 Å². The summed E-state index contributed by atoms with van der Waals surface area (Å²) < 4.78 is 1.68. The third kappa shape index (κ3) is 4.28. The molecule has 2 amide bonds. The Balaban J connectivity index is 2.08. The van der Waals surface area contributed by atoms with Gasteiger partial charge in [0.25, 0.3) is 0 Å². The van der Waals surface area contributed by atoms with Gasteiger partial charge in [0, 0.05) is 5.69 Å². The summed E-state index contributed by atoms with van der Waals surface area (Å²) in [6, 6.07) is 7.11. The van der Waals surface area contributed by atoms with Crippen molar-refractivity contribution in [1.82, 2.24) is 20.1 Å². The van der Waals surface area contributed by atoms with Crippen molar-refractivity contribution < 1.29 is 9.90 Å². The highest BCUT2D eigenvalue weighted by molar-refractivity contribution is 5.90. The molecule has 0 radical (unpaired) electrons. The van der Waals surface area contributed by atoms with Gasteiger partial charge in [-0.05, 0) is 25.5 Å². The number of aliphatic hydroxyl groups is 1. The van der Waals surface area contributed by atoms with Gasteiger partial charge in [0.2, 0.25) is 0 Å². The Hall–Kier alpha value is -2.41. The maximum absolute atomic E-state index is 12.0. The number of hydrogen-bond donors (Lipinski definition) is 3. The summed E-state index contributed by atoms with van der Waals surface area (Å²) in [6.07, 6.45) is 3.08. The number of carbonyl (C=O) groups excluding carboxylic acids is 1. The van der Waals surface area contributed by atoms with Crippen molar-refractivity contribution in [2.45, 2.75) is 25.9 Å². The van der Waals surface area contributed by atoms with Crippen LogP contribution < -0.4 is 10.6 Å². The van der Waals surface area contributed by atoms with Gasteiger partial charge in [-0.2, -0.15) is 5.10 Å². The van der Waals surface area contributed by atoms with Crippen molar-refractivity contribution in [1.29, 1.82) is 0 Å². The van der Waals surface area contributed by atoms with E-state index in [0.29, 0.717) is 12.2 Å². The molecule has 0 saturated carbocycles.